The second kappa shape index (κ2) is 3.75. The van der Waals surface area contributed by atoms with Crippen molar-refractivity contribution in [1.82, 2.24) is 10.2 Å². The summed E-state index contributed by atoms with van der Waals surface area (Å²) in [5, 5.41) is 5.88. The van der Waals surface area contributed by atoms with Crippen LogP contribution < -0.4 is 5.73 Å². The highest BCUT2D eigenvalue weighted by Gasteiger charge is 2.20. The first-order chi connectivity index (χ1) is 7.52. The van der Waals surface area contributed by atoms with Gasteiger partial charge in [0, 0.05) is 5.56 Å². The Morgan fingerprint density at radius 1 is 1.38 bits per heavy atom. The molecule has 0 radical (unpaired) electrons. The number of rotatable bonds is 1. The average molecular weight is 244 g/mol. The fourth-order valence-corrected chi connectivity index (χ4v) is 1.72. The number of halogens is 3. The molecular formula is C10H8ClF2N3. The summed E-state index contributed by atoms with van der Waals surface area (Å²) in [7, 11) is 0. The minimum atomic E-state index is -0.835. The van der Waals surface area contributed by atoms with Crippen molar-refractivity contribution < 1.29 is 8.78 Å². The number of nitrogen functional groups attached to an aromatic ring is 1. The molecule has 16 heavy (non-hydrogen) atoms. The van der Waals surface area contributed by atoms with Crippen molar-refractivity contribution in [3.8, 4) is 11.1 Å². The quantitative estimate of drug-likeness (QED) is 0.757. The lowest BCUT2D eigenvalue weighted by molar-refractivity contribution is 0.584. The summed E-state index contributed by atoms with van der Waals surface area (Å²) >= 11 is 5.65. The predicted molar refractivity (Wildman–Crippen MR) is 58.1 cm³/mol. The molecule has 2 aromatic rings. The van der Waals surface area contributed by atoms with Crippen LogP contribution in [0.2, 0.25) is 5.02 Å². The van der Waals surface area contributed by atoms with Crippen LogP contribution in [0.3, 0.4) is 0 Å². The highest BCUT2D eigenvalue weighted by atomic mass is 35.5. The van der Waals surface area contributed by atoms with Crippen LogP contribution in [0, 0.1) is 18.6 Å². The van der Waals surface area contributed by atoms with Crippen molar-refractivity contribution in [2.24, 2.45) is 0 Å². The summed E-state index contributed by atoms with van der Waals surface area (Å²) in [6.07, 6.45) is 1.26. The van der Waals surface area contributed by atoms with Gasteiger partial charge >= 0.3 is 0 Å². The number of aromatic nitrogens is 2. The van der Waals surface area contributed by atoms with E-state index < -0.39 is 11.6 Å². The van der Waals surface area contributed by atoms with Gasteiger partial charge in [-0.3, -0.25) is 5.10 Å². The Hall–Kier alpha value is -1.62. The highest BCUT2D eigenvalue weighted by molar-refractivity contribution is 6.31. The smallest absolute Gasteiger partial charge is 0.152 e. The maximum absolute atomic E-state index is 13.8. The van der Waals surface area contributed by atoms with Gasteiger partial charge in [-0.1, -0.05) is 11.6 Å². The monoisotopic (exact) mass is 243 g/mol. The fourth-order valence-electron chi connectivity index (χ4n) is 1.46. The van der Waals surface area contributed by atoms with Crippen LogP contribution in [0.25, 0.3) is 11.1 Å². The Morgan fingerprint density at radius 2 is 2.06 bits per heavy atom. The molecule has 0 aliphatic carbocycles. The zero-order chi connectivity index (χ0) is 11.9. The first-order valence-electron chi connectivity index (χ1n) is 4.45. The predicted octanol–water partition coefficient (Wildman–Crippen LogP) is 2.90. The molecule has 0 saturated carbocycles. The summed E-state index contributed by atoms with van der Waals surface area (Å²) < 4.78 is 27.5. The molecule has 0 aliphatic heterocycles. The minimum absolute atomic E-state index is 0.0967. The minimum Gasteiger partial charge on any atom is -0.384 e. The molecule has 1 aromatic heterocycles. The van der Waals surface area contributed by atoms with Crippen LogP contribution in [-0.2, 0) is 0 Å². The van der Waals surface area contributed by atoms with Crippen LogP contribution in [0.5, 0.6) is 0 Å². The summed E-state index contributed by atoms with van der Waals surface area (Å²) in [5.41, 5.74) is 5.68. The molecule has 0 amide bonds. The molecule has 84 valence electrons. The summed E-state index contributed by atoms with van der Waals surface area (Å²) in [5.74, 6) is -1.42. The van der Waals surface area contributed by atoms with Crippen molar-refractivity contribution >= 4 is 17.4 Å². The lowest BCUT2D eigenvalue weighted by atomic mass is 10.0. The Morgan fingerprint density at radius 3 is 2.62 bits per heavy atom. The van der Waals surface area contributed by atoms with E-state index >= 15 is 0 Å². The number of anilines is 1. The molecule has 2 rings (SSSR count). The number of hydrogen-bond donors (Lipinski definition) is 2. The van der Waals surface area contributed by atoms with E-state index in [1.165, 1.54) is 19.2 Å². The molecule has 0 bridgehead atoms. The van der Waals surface area contributed by atoms with E-state index in [0.29, 0.717) is 0 Å². The maximum Gasteiger partial charge on any atom is 0.152 e. The van der Waals surface area contributed by atoms with Gasteiger partial charge in [-0.15, -0.1) is 0 Å². The third-order valence-electron chi connectivity index (χ3n) is 2.28. The Bertz CT molecular complexity index is 525. The summed E-state index contributed by atoms with van der Waals surface area (Å²) in [6.45, 7) is 1.50. The number of H-pyrrole nitrogens is 1. The number of benzene rings is 1. The molecule has 0 aliphatic rings. The average Bonchev–Trinajstić information content (AvgIpc) is 2.63. The molecule has 1 heterocycles. The molecule has 0 fully saturated rings. The molecule has 0 spiro atoms. The van der Waals surface area contributed by atoms with Crippen molar-refractivity contribution in [2.45, 2.75) is 6.92 Å². The zero-order valence-electron chi connectivity index (χ0n) is 8.31. The number of aryl methyl sites for hydroxylation is 1. The summed E-state index contributed by atoms with van der Waals surface area (Å²) in [6, 6.07) is 1.23. The van der Waals surface area contributed by atoms with Crippen LogP contribution in [0.4, 0.5) is 14.6 Å². The van der Waals surface area contributed by atoms with Gasteiger partial charge in [0.1, 0.15) is 11.6 Å². The Labute approximate surface area is 95.2 Å². The van der Waals surface area contributed by atoms with Gasteiger partial charge in [-0.05, 0) is 18.6 Å². The van der Waals surface area contributed by atoms with E-state index in [4.69, 9.17) is 17.3 Å². The van der Waals surface area contributed by atoms with Crippen LogP contribution >= 0.6 is 11.6 Å². The van der Waals surface area contributed by atoms with Crippen LogP contribution in [0.1, 0.15) is 5.56 Å². The van der Waals surface area contributed by atoms with Gasteiger partial charge in [-0.2, -0.15) is 5.10 Å². The number of nitrogens with two attached hydrogens (primary N) is 1. The fraction of sp³-hybridized carbons (Fsp3) is 0.100. The standard InChI is InChI=1S/C10H8ClF2N3/c1-4-2-6(11)9(13)7(8(4)12)5-3-15-16-10(5)14/h2-3H,1H3,(H3,14,15,16). The first kappa shape index (κ1) is 10.9. The molecule has 0 atom stereocenters. The SMILES string of the molecule is Cc1cc(Cl)c(F)c(-c2cn[nH]c2N)c1F. The first-order valence-corrected chi connectivity index (χ1v) is 4.83. The van der Waals surface area contributed by atoms with Crippen molar-refractivity contribution in [1.29, 1.82) is 0 Å². The molecule has 0 saturated heterocycles. The van der Waals surface area contributed by atoms with Crippen molar-refractivity contribution in [2.75, 3.05) is 5.73 Å². The Kier molecular flexibility index (Phi) is 2.55. The van der Waals surface area contributed by atoms with Gasteiger partial charge in [0.15, 0.2) is 5.82 Å². The van der Waals surface area contributed by atoms with Gasteiger partial charge in [0.05, 0.1) is 16.8 Å². The Balaban J connectivity index is 2.79. The molecule has 0 unspecified atom stereocenters. The number of hydrogen-bond acceptors (Lipinski definition) is 2. The van der Waals surface area contributed by atoms with Gasteiger partial charge in [0.25, 0.3) is 0 Å². The van der Waals surface area contributed by atoms with E-state index in [2.05, 4.69) is 10.2 Å². The lowest BCUT2D eigenvalue weighted by Gasteiger charge is -2.07. The molecule has 1 aromatic carbocycles. The molecular weight excluding hydrogens is 236 g/mol. The van der Waals surface area contributed by atoms with Gasteiger partial charge in [0.2, 0.25) is 0 Å². The maximum atomic E-state index is 13.8. The molecule has 6 heteroatoms. The van der Waals surface area contributed by atoms with E-state index in [1.807, 2.05) is 0 Å². The topological polar surface area (TPSA) is 54.7 Å². The normalized spacial score (nSPS) is 10.8. The van der Waals surface area contributed by atoms with E-state index in [1.54, 1.807) is 0 Å². The number of nitrogens with one attached hydrogen (secondary N) is 1. The van der Waals surface area contributed by atoms with Gasteiger partial charge < -0.3 is 5.73 Å². The van der Waals surface area contributed by atoms with Crippen molar-refractivity contribution in [3.05, 3.63) is 34.5 Å². The second-order valence-electron chi connectivity index (χ2n) is 3.38. The van der Waals surface area contributed by atoms with E-state index in [9.17, 15) is 8.78 Å². The number of nitrogens with zero attached hydrogens (tertiary/aromatic N) is 1. The highest BCUT2D eigenvalue weighted by Crippen LogP contribution is 2.34. The van der Waals surface area contributed by atoms with Gasteiger partial charge in [-0.25, -0.2) is 8.78 Å². The molecule has 3 nitrogen and oxygen atoms in total. The van der Waals surface area contributed by atoms with Crippen molar-refractivity contribution in [3.63, 3.8) is 0 Å². The van der Waals surface area contributed by atoms with Crippen LogP contribution in [0.15, 0.2) is 12.3 Å². The number of aromatic amines is 1. The van der Waals surface area contributed by atoms with E-state index in [0.717, 1.165) is 0 Å². The lowest BCUT2D eigenvalue weighted by Crippen LogP contribution is -1.97. The zero-order valence-corrected chi connectivity index (χ0v) is 9.07. The third-order valence-corrected chi connectivity index (χ3v) is 2.55. The van der Waals surface area contributed by atoms with E-state index in [-0.39, 0.29) is 27.5 Å². The second-order valence-corrected chi connectivity index (χ2v) is 3.78. The third kappa shape index (κ3) is 1.53. The largest absolute Gasteiger partial charge is 0.384 e. The molecule has 3 N–H and O–H groups in total. The van der Waals surface area contributed by atoms with Crippen LogP contribution in [-0.4, -0.2) is 10.2 Å². The summed E-state index contributed by atoms with van der Waals surface area (Å²) in [4.78, 5) is 0.